The summed E-state index contributed by atoms with van der Waals surface area (Å²) in [7, 11) is 0. The van der Waals surface area contributed by atoms with Crippen LogP contribution in [0.25, 0.3) is 11.4 Å². The van der Waals surface area contributed by atoms with E-state index in [4.69, 9.17) is 0 Å². The fourth-order valence-corrected chi connectivity index (χ4v) is 3.49. The highest BCUT2D eigenvalue weighted by Crippen LogP contribution is 2.31. The lowest BCUT2D eigenvalue weighted by molar-refractivity contribution is 0.0729. The Morgan fingerprint density at radius 3 is 2.61 bits per heavy atom. The summed E-state index contributed by atoms with van der Waals surface area (Å²) < 4.78 is 2.12. The van der Waals surface area contributed by atoms with Crippen molar-refractivity contribution in [2.45, 2.75) is 45.3 Å². The first-order valence-electron chi connectivity index (χ1n) is 9.75. The van der Waals surface area contributed by atoms with Crippen LogP contribution >= 0.6 is 0 Å². The summed E-state index contributed by atoms with van der Waals surface area (Å²) in [4.78, 5) is 19.5. The predicted octanol–water partition coefficient (Wildman–Crippen LogP) is 4.64. The maximum absolute atomic E-state index is 13.1. The fraction of sp³-hybridized carbons (Fsp3) is 0.304. The molecule has 2 aromatic carbocycles. The molecule has 0 atom stereocenters. The molecule has 0 radical (unpaired) electrons. The number of aromatic nitrogens is 2. The van der Waals surface area contributed by atoms with Gasteiger partial charge in [-0.15, -0.1) is 0 Å². The number of imidazole rings is 1. The summed E-state index contributed by atoms with van der Waals surface area (Å²) in [5.41, 5.74) is 2.62. The lowest BCUT2D eigenvalue weighted by atomic mass is 10.1. The zero-order chi connectivity index (χ0) is 19.7. The number of nitrogens with zero attached hydrogens (tertiary/aromatic N) is 3. The number of carbonyl (C=O) groups is 1. The number of aromatic hydroxyl groups is 1. The van der Waals surface area contributed by atoms with Crippen molar-refractivity contribution in [3.05, 3.63) is 72.1 Å². The minimum atomic E-state index is 0.0320. The number of hydrogen-bond donors (Lipinski definition) is 1. The average molecular weight is 375 g/mol. The molecule has 1 amide bonds. The quantitative estimate of drug-likeness (QED) is 0.683. The largest absolute Gasteiger partial charge is 0.508 e. The van der Waals surface area contributed by atoms with E-state index in [0.29, 0.717) is 18.2 Å². The Kier molecular flexibility index (Phi) is 4.90. The molecule has 1 aliphatic rings. The first kappa shape index (κ1) is 18.3. The van der Waals surface area contributed by atoms with E-state index in [-0.39, 0.29) is 17.7 Å². The molecule has 3 aromatic rings. The highest BCUT2D eigenvalue weighted by atomic mass is 16.3. The average Bonchev–Trinajstić information content (AvgIpc) is 3.40. The molecule has 0 unspecified atom stereocenters. The van der Waals surface area contributed by atoms with Gasteiger partial charge in [0.05, 0.1) is 0 Å². The van der Waals surface area contributed by atoms with E-state index in [9.17, 15) is 9.90 Å². The Morgan fingerprint density at radius 1 is 1.21 bits per heavy atom. The van der Waals surface area contributed by atoms with Crippen LogP contribution in [0, 0.1) is 0 Å². The molecule has 28 heavy (non-hydrogen) atoms. The van der Waals surface area contributed by atoms with Crippen LogP contribution in [0.5, 0.6) is 5.75 Å². The van der Waals surface area contributed by atoms with Crippen molar-refractivity contribution in [3.63, 3.8) is 0 Å². The molecule has 5 heteroatoms. The molecule has 144 valence electrons. The van der Waals surface area contributed by atoms with E-state index in [0.717, 1.165) is 29.8 Å². The van der Waals surface area contributed by atoms with Gasteiger partial charge in [-0.2, -0.15) is 0 Å². The molecule has 0 aliphatic heterocycles. The lowest BCUT2D eigenvalue weighted by Crippen LogP contribution is -2.32. The molecule has 4 rings (SSSR count). The molecule has 1 N–H and O–H groups in total. The zero-order valence-electron chi connectivity index (χ0n) is 16.2. The summed E-state index contributed by atoms with van der Waals surface area (Å²) in [6.07, 6.45) is 5.85. The van der Waals surface area contributed by atoms with Crippen molar-refractivity contribution in [3.8, 4) is 17.1 Å². The smallest absolute Gasteiger partial charge is 0.254 e. The predicted molar refractivity (Wildman–Crippen MR) is 109 cm³/mol. The van der Waals surface area contributed by atoms with Gasteiger partial charge in [-0.05, 0) is 56.5 Å². The molecule has 1 fully saturated rings. The van der Waals surface area contributed by atoms with Crippen LogP contribution in [0.15, 0.2) is 60.9 Å². The highest BCUT2D eigenvalue weighted by Gasteiger charge is 2.33. The first-order chi connectivity index (χ1) is 13.5. The van der Waals surface area contributed by atoms with Gasteiger partial charge in [0.15, 0.2) is 0 Å². The molecular formula is C23H25N3O2. The van der Waals surface area contributed by atoms with Crippen molar-refractivity contribution in [2.24, 2.45) is 0 Å². The molecule has 1 aliphatic carbocycles. The number of amides is 1. The Labute approximate surface area is 165 Å². The zero-order valence-corrected chi connectivity index (χ0v) is 16.2. The van der Waals surface area contributed by atoms with Gasteiger partial charge in [-0.25, -0.2) is 4.98 Å². The lowest BCUT2D eigenvalue weighted by Gasteiger charge is -2.23. The van der Waals surface area contributed by atoms with Crippen LogP contribution in [0.1, 0.15) is 48.7 Å². The van der Waals surface area contributed by atoms with Crippen LogP contribution < -0.4 is 0 Å². The van der Waals surface area contributed by atoms with Gasteiger partial charge >= 0.3 is 0 Å². The van der Waals surface area contributed by atoms with E-state index < -0.39 is 0 Å². The van der Waals surface area contributed by atoms with E-state index in [1.807, 2.05) is 47.5 Å². The van der Waals surface area contributed by atoms with E-state index in [1.54, 1.807) is 18.3 Å². The van der Waals surface area contributed by atoms with Gasteiger partial charge < -0.3 is 14.6 Å². The Bertz CT molecular complexity index is 972. The second kappa shape index (κ2) is 7.50. The Hall–Kier alpha value is -3.08. The van der Waals surface area contributed by atoms with Crippen molar-refractivity contribution >= 4 is 5.91 Å². The van der Waals surface area contributed by atoms with E-state index >= 15 is 0 Å². The normalized spacial score (nSPS) is 13.7. The van der Waals surface area contributed by atoms with Gasteiger partial charge in [0, 0.05) is 42.1 Å². The summed E-state index contributed by atoms with van der Waals surface area (Å²) in [6.45, 7) is 4.76. The Balaban J connectivity index is 1.55. The van der Waals surface area contributed by atoms with Crippen molar-refractivity contribution in [2.75, 3.05) is 0 Å². The highest BCUT2D eigenvalue weighted by molar-refractivity contribution is 5.95. The molecule has 0 saturated heterocycles. The van der Waals surface area contributed by atoms with Crippen LogP contribution in [0.3, 0.4) is 0 Å². The van der Waals surface area contributed by atoms with Gasteiger partial charge in [0.2, 0.25) is 0 Å². The molecule has 0 bridgehead atoms. The molecule has 1 heterocycles. The van der Waals surface area contributed by atoms with Crippen LogP contribution in [-0.4, -0.2) is 31.5 Å². The SMILES string of the molecule is CC(C)n1ccnc1-c1ccc(C(=O)N(Cc2cccc(O)c2)C2CC2)cc1. The van der Waals surface area contributed by atoms with Crippen molar-refractivity contribution in [1.82, 2.24) is 14.5 Å². The van der Waals surface area contributed by atoms with E-state index in [2.05, 4.69) is 23.4 Å². The third-order valence-corrected chi connectivity index (χ3v) is 5.13. The van der Waals surface area contributed by atoms with Crippen LogP contribution in [0.4, 0.5) is 0 Å². The van der Waals surface area contributed by atoms with Gasteiger partial charge in [0.25, 0.3) is 5.91 Å². The third-order valence-electron chi connectivity index (χ3n) is 5.13. The monoisotopic (exact) mass is 375 g/mol. The standard InChI is InChI=1S/C23H25N3O2/c1-16(2)25-13-12-24-22(25)18-6-8-19(9-7-18)23(28)26(20-10-11-20)15-17-4-3-5-21(27)14-17/h3-9,12-14,16,20,27H,10-11,15H2,1-2H3. The summed E-state index contributed by atoms with van der Waals surface area (Å²) in [5, 5.41) is 9.71. The number of rotatable bonds is 6. The minimum Gasteiger partial charge on any atom is -0.508 e. The first-order valence-corrected chi connectivity index (χ1v) is 9.75. The topological polar surface area (TPSA) is 58.4 Å². The summed E-state index contributed by atoms with van der Waals surface area (Å²) in [5.74, 6) is 1.17. The minimum absolute atomic E-state index is 0.0320. The van der Waals surface area contributed by atoms with E-state index in [1.165, 1.54) is 0 Å². The summed E-state index contributed by atoms with van der Waals surface area (Å²) >= 11 is 0. The van der Waals surface area contributed by atoms with Gasteiger partial charge in [0.1, 0.15) is 11.6 Å². The van der Waals surface area contributed by atoms with Crippen LogP contribution in [-0.2, 0) is 6.54 Å². The van der Waals surface area contributed by atoms with Gasteiger partial charge in [-0.1, -0.05) is 24.3 Å². The second-order valence-corrected chi connectivity index (χ2v) is 7.66. The van der Waals surface area contributed by atoms with Crippen LogP contribution in [0.2, 0.25) is 0 Å². The molecule has 1 saturated carbocycles. The third kappa shape index (κ3) is 3.79. The molecule has 0 spiro atoms. The van der Waals surface area contributed by atoms with Crippen molar-refractivity contribution in [1.29, 1.82) is 0 Å². The second-order valence-electron chi connectivity index (χ2n) is 7.66. The summed E-state index contributed by atoms with van der Waals surface area (Å²) in [6, 6.07) is 15.4. The fourth-order valence-electron chi connectivity index (χ4n) is 3.49. The number of phenols is 1. The number of benzene rings is 2. The molecule has 5 nitrogen and oxygen atoms in total. The number of phenolic OH excluding ortho intramolecular Hbond substituents is 1. The number of carbonyl (C=O) groups excluding carboxylic acids is 1. The van der Waals surface area contributed by atoms with Crippen molar-refractivity contribution < 1.29 is 9.90 Å². The van der Waals surface area contributed by atoms with Gasteiger partial charge in [-0.3, -0.25) is 4.79 Å². The molecule has 1 aromatic heterocycles. The molecular weight excluding hydrogens is 350 g/mol. The Morgan fingerprint density at radius 2 is 1.96 bits per heavy atom. The maximum atomic E-state index is 13.1. The number of hydrogen-bond acceptors (Lipinski definition) is 3. The maximum Gasteiger partial charge on any atom is 0.254 e.